The second-order valence-corrected chi connectivity index (χ2v) is 10.4. The second kappa shape index (κ2) is 11.6. The molecule has 3 aromatic carbocycles. The average molecular weight is 580 g/mol. The number of pyridine rings is 1. The minimum Gasteiger partial charge on any atom is -0.453 e. The normalized spacial score (nSPS) is 15.6. The van der Waals surface area contributed by atoms with Gasteiger partial charge in [-0.05, 0) is 84.5 Å². The zero-order chi connectivity index (χ0) is 28.4. The summed E-state index contributed by atoms with van der Waals surface area (Å²) in [5.74, 6) is -0.486. The summed E-state index contributed by atoms with van der Waals surface area (Å²) >= 11 is 10.9. The fourth-order valence-electron chi connectivity index (χ4n) is 5.05. The summed E-state index contributed by atoms with van der Waals surface area (Å²) < 4.78 is 19.9. The first-order chi connectivity index (χ1) is 19.2. The predicted molar refractivity (Wildman–Crippen MR) is 157 cm³/mol. The average Bonchev–Trinajstić information content (AvgIpc) is 3.43. The van der Waals surface area contributed by atoms with E-state index in [9.17, 15) is 9.59 Å². The zero-order valence-electron chi connectivity index (χ0n) is 21.5. The first-order valence-electron chi connectivity index (χ1n) is 12.6. The maximum atomic E-state index is 15.2. The number of rotatable bonds is 6. The first kappa shape index (κ1) is 27.5. The maximum absolute atomic E-state index is 15.2. The van der Waals surface area contributed by atoms with Crippen LogP contribution in [-0.2, 0) is 9.53 Å². The third-order valence-corrected chi connectivity index (χ3v) is 7.62. The van der Waals surface area contributed by atoms with E-state index in [0.29, 0.717) is 40.1 Å². The van der Waals surface area contributed by atoms with Gasteiger partial charge >= 0.3 is 6.09 Å². The number of methoxy groups -OCH3 is 1. The van der Waals surface area contributed by atoms with E-state index in [4.69, 9.17) is 22.1 Å². The third-order valence-electron chi connectivity index (χ3n) is 6.98. The van der Waals surface area contributed by atoms with Crippen LogP contribution < -0.4 is 16.4 Å². The summed E-state index contributed by atoms with van der Waals surface area (Å²) in [6, 6.07) is 15.2. The van der Waals surface area contributed by atoms with Crippen LogP contribution in [0.15, 0.2) is 71.8 Å². The van der Waals surface area contributed by atoms with Crippen molar-refractivity contribution in [3.63, 3.8) is 0 Å². The molecular formula is C29H27ClFN5O3S. The van der Waals surface area contributed by atoms with E-state index in [1.54, 1.807) is 35.4 Å². The van der Waals surface area contributed by atoms with Crippen LogP contribution in [0, 0.1) is 5.82 Å². The number of amides is 2. The molecule has 0 saturated carbocycles. The van der Waals surface area contributed by atoms with Crippen molar-refractivity contribution in [1.82, 2.24) is 9.88 Å². The van der Waals surface area contributed by atoms with Crippen molar-refractivity contribution in [3.8, 4) is 0 Å². The Morgan fingerprint density at radius 2 is 1.95 bits per heavy atom. The van der Waals surface area contributed by atoms with Crippen LogP contribution in [0.5, 0.6) is 0 Å². The summed E-state index contributed by atoms with van der Waals surface area (Å²) in [7, 11) is 1.28. The molecule has 206 valence electrons. The molecule has 0 bridgehead atoms. The van der Waals surface area contributed by atoms with Gasteiger partial charge in [0.15, 0.2) is 0 Å². The van der Waals surface area contributed by atoms with Crippen molar-refractivity contribution < 1.29 is 18.7 Å². The quantitative estimate of drug-likeness (QED) is 0.192. The fraction of sp³-hybridized carbons (Fsp3) is 0.207. The molecule has 1 aliphatic rings. The molecule has 11 heteroatoms. The zero-order valence-corrected chi connectivity index (χ0v) is 23.2. The largest absolute Gasteiger partial charge is 0.453 e. The number of benzene rings is 3. The molecule has 2 amide bonds. The summed E-state index contributed by atoms with van der Waals surface area (Å²) in [5, 5.41) is 7.79. The van der Waals surface area contributed by atoms with Gasteiger partial charge in [-0.3, -0.25) is 10.1 Å². The van der Waals surface area contributed by atoms with Crippen molar-refractivity contribution in [2.75, 3.05) is 30.0 Å². The molecule has 4 aromatic rings. The van der Waals surface area contributed by atoms with Gasteiger partial charge in [0.05, 0.1) is 13.2 Å². The number of nitrogens with zero attached hydrogens (tertiary/aromatic N) is 2. The molecule has 2 heterocycles. The lowest BCUT2D eigenvalue weighted by Crippen LogP contribution is -2.38. The highest BCUT2D eigenvalue weighted by Crippen LogP contribution is 2.39. The minimum absolute atomic E-state index is 0.129. The van der Waals surface area contributed by atoms with E-state index in [1.807, 2.05) is 18.2 Å². The van der Waals surface area contributed by atoms with Gasteiger partial charge in [-0.15, -0.1) is 12.6 Å². The van der Waals surface area contributed by atoms with Crippen LogP contribution >= 0.6 is 24.2 Å². The van der Waals surface area contributed by atoms with Crippen LogP contribution in [0.3, 0.4) is 0 Å². The Bertz CT molecular complexity index is 1600. The molecule has 4 N–H and O–H groups in total. The van der Waals surface area contributed by atoms with E-state index in [1.165, 1.54) is 25.3 Å². The van der Waals surface area contributed by atoms with Crippen molar-refractivity contribution >= 4 is 64.2 Å². The van der Waals surface area contributed by atoms with Gasteiger partial charge in [0.25, 0.3) is 0 Å². The Kier molecular flexibility index (Phi) is 7.99. The minimum atomic E-state index is -1.07. The van der Waals surface area contributed by atoms with Crippen molar-refractivity contribution in [2.24, 2.45) is 0 Å². The highest BCUT2D eigenvalue weighted by molar-refractivity contribution is 7.80. The van der Waals surface area contributed by atoms with Gasteiger partial charge in [0.1, 0.15) is 17.7 Å². The molecule has 0 spiro atoms. The number of nitrogen functional groups attached to an aromatic ring is 1. The Labute approximate surface area is 241 Å². The molecule has 5 rings (SSSR count). The second-order valence-electron chi connectivity index (χ2n) is 9.46. The number of fused-ring (bicyclic) bond motifs is 1. The van der Waals surface area contributed by atoms with Gasteiger partial charge in [-0.25, -0.2) is 14.2 Å². The number of nitrogens with one attached hydrogen (secondary N) is 2. The molecule has 1 aliphatic heterocycles. The van der Waals surface area contributed by atoms with Crippen LogP contribution in [0.2, 0.25) is 5.02 Å². The molecule has 40 heavy (non-hydrogen) atoms. The maximum Gasteiger partial charge on any atom is 0.411 e. The molecule has 0 aliphatic carbocycles. The predicted octanol–water partition coefficient (Wildman–Crippen LogP) is 6.59. The number of anilines is 3. The standard InChI is InChI=1S/C29H27ClFN5O3S/c1-39-29(38)35-19-6-9-25(40)22(15-19)24-3-2-12-36(24)28(37)26(21-14-17(30)4-8-23(21)31)34-18-5-7-20-16(13-18)10-11-33-27(20)32/h4-11,13-15,24,26,34,40H,2-3,12H2,1H3,(H2,32,33)(H,35,38)/t24-,26-/m1/s1. The Morgan fingerprint density at radius 1 is 1.15 bits per heavy atom. The van der Waals surface area contributed by atoms with Gasteiger partial charge in [-0.1, -0.05) is 11.6 Å². The summed E-state index contributed by atoms with van der Waals surface area (Å²) in [5.41, 5.74) is 8.01. The number of halogens is 2. The third kappa shape index (κ3) is 5.64. The summed E-state index contributed by atoms with van der Waals surface area (Å²) in [4.78, 5) is 32.5. The molecule has 0 radical (unpaired) electrons. The van der Waals surface area contributed by atoms with Crippen molar-refractivity contribution in [1.29, 1.82) is 0 Å². The van der Waals surface area contributed by atoms with Crippen LogP contribution in [0.1, 0.15) is 36.1 Å². The van der Waals surface area contributed by atoms with E-state index in [2.05, 4.69) is 28.2 Å². The molecule has 2 atom stereocenters. The molecule has 1 saturated heterocycles. The molecular weight excluding hydrogens is 553 g/mol. The molecule has 8 nitrogen and oxygen atoms in total. The number of thiol groups is 1. The Morgan fingerprint density at radius 3 is 2.75 bits per heavy atom. The van der Waals surface area contributed by atoms with Gasteiger partial charge in [0.2, 0.25) is 5.91 Å². The first-order valence-corrected chi connectivity index (χ1v) is 13.4. The number of likely N-dealkylation sites (tertiary alicyclic amines) is 1. The summed E-state index contributed by atoms with van der Waals surface area (Å²) in [6.45, 7) is 0.464. The lowest BCUT2D eigenvalue weighted by Gasteiger charge is -2.31. The van der Waals surface area contributed by atoms with Crippen LogP contribution in [0.4, 0.5) is 26.4 Å². The number of hydrogen-bond donors (Lipinski definition) is 4. The number of ether oxygens (including phenoxy) is 1. The van der Waals surface area contributed by atoms with Gasteiger partial charge in [0, 0.05) is 45.0 Å². The molecule has 0 unspecified atom stereocenters. The molecule has 1 aromatic heterocycles. The van der Waals surface area contributed by atoms with Crippen LogP contribution in [0.25, 0.3) is 10.8 Å². The van der Waals surface area contributed by atoms with E-state index in [-0.39, 0.29) is 17.5 Å². The van der Waals surface area contributed by atoms with Crippen molar-refractivity contribution in [3.05, 3.63) is 88.8 Å². The number of nitrogens with two attached hydrogens (primary N) is 1. The highest BCUT2D eigenvalue weighted by Gasteiger charge is 2.37. The van der Waals surface area contributed by atoms with Gasteiger partial charge < -0.3 is 20.7 Å². The summed E-state index contributed by atoms with van der Waals surface area (Å²) in [6.07, 6.45) is 2.42. The smallest absolute Gasteiger partial charge is 0.411 e. The number of hydrogen-bond acceptors (Lipinski definition) is 7. The number of carbonyl (C=O) groups is 2. The topological polar surface area (TPSA) is 110 Å². The lowest BCUT2D eigenvalue weighted by molar-refractivity contribution is -0.133. The Balaban J connectivity index is 1.52. The number of carbonyl (C=O) groups excluding carboxylic acids is 2. The monoisotopic (exact) mass is 579 g/mol. The highest BCUT2D eigenvalue weighted by atomic mass is 35.5. The SMILES string of the molecule is COC(=O)Nc1ccc(S)c([C@H]2CCCN2C(=O)[C@H](Nc2ccc3c(N)nccc3c2)c2cc(Cl)ccc2F)c1. The van der Waals surface area contributed by atoms with Gasteiger partial charge in [-0.2, -0.15) is 0 Å². The molecule has 1 fully saturated rings. The van der Waals surface area contributed by atoms with E-state index in [0.717, 1.165) is 22.8 Å². The van der Waals surface area contributed by atoms with Crippen LogP contribution in [-0.4, -0.2) is 35.5 Å². The fourth-order valence-corrected chi connectivity index (χ4v) is 5.52. The Hall–Kier alpha value is -4.02. The van der Waals surface area contributed by atoms with E-state index < -0.39 is 18.0 Å². The lowest BCUT2D eigenvalue weighted by atomic mass is 10.0. The van der Waals surface area contributed by atoms with E-state index >= 15 is 4.39 Å². The van der Waals surface area contributed by atoms with Crippen molar-refractivity contribution in [2.45, 2.75) is 29.8 Å². The number of aromatic nitrogens is 1.